The van der Waals surface area contributed by atoms with Crippen molar-refractivity contribution in [3.05, 3.63) is 47.9 Å². The van der Waals surface area contributed by atoms with Crippen LogP contribution in [-0.2, 0) is 4.79 Å². The molecule has 132 valence electrons. The first-order chi connectivity index (χ1) is 12.0. The van der Waals surface area contributed by atoms with Crippen LogP contribution in [0.3, 0.4) is 0 Å². The third-order valence-electron chi connectivity index (χ3n) is 4.73. The summed E-state index contributed by atoms with van der Waals surface area (Å²) in [6.07, 6.45) is 4.00. The number of carbonyl (C=O) groups is 1. The molecule has 2 aromatic rings. The summed E-state index contributed by atoms with van der Waals surface area (Å²) in [5.41, 5.74) is 3.30. The maximum atomic E-state index is 13.8. The minimum absolute atomic E-state index is 0.0183. The van der Waals surface area contributed by atoms with Gasteiger partial charge < -0.3 is 10.2 Å². The van der Waals surface area contributed by atoms with E-state index in [2.05, 4.69) is 15.2 Å². The number of anilines is 1. The number of amides is 1. The maximum absolute atomic E-state index is 13.8. The molecule has 1 saturated heterocycles. The van der Waals surface area contributed by atoms with Crippen LogP contribution in [0.5, 0.6) is 0 Å². The monoisotopic (exact) mass is 341 g/mol. The zero-order valence-corrected chi connectivity index (χ0v) is 14.8. The molecule has 1 unspecified atom stereocenters. The van der Waals surface area contributed by atoms with E-state index in [1.54, 1.807) is 26.1 Å². The van der Waals surface area contributed by atoms with E-state index < -0.39 is 0 Å². The third-order valence-corrected chi connectivity index (χ3v) is 4.73. The average Bonchev–Trinajstić information content (AvgIpc) is 2.62. The highest BCUT2D eigenvalue weighted by Gasteiger charge is 2.20. The van der Waals surface area contributed by atoms with Crippen LogP contribution in [0.1, 0.15) is 25.3 Å². The zero-order valence-electron chi connectivity index (χ0n) is 14.8. The van der Waals surface area contributed by atoms with Gasteiger partial charge in [0.05, 0.1) is 5.69 Å². The number of piperidine rings is 1. The predicted molar refractivity (Wildman–Crippen MR) is 98.0 cm³/mol. The number of nitrogens with one attached hydrogen (secondary N) is 1. The average molecular weight is 341 g/mol. The Labute approximate surface area is 148 Å². The van der Waals surface area contributed by atoms with Gasteiger partial charge in [-0.3, -0.25) is 9.78 Å². The minimum atomic E-state index is -0.210. The molecule has 5 heteroatoms. The van der Waals surface area contributed by atoms with Crippen LogP contribution in [0, 0.1) is 18.7 Å². The van der Waals surface area contributed by atoms with Crippen LogP contribution in [-0.4, -0.2) is 30.5 Å². The van der Waals surface area contributed by atoms with E-state index in [9.17, 15) is 9.18 Å². The Kier molecular flexibility index (Phi) is 5.31. The summed E-state index contributed by atoms with van der Waals surface area (Å²) in [7, 11) is 0. The van der Waals surface area contributed by atoms with Crippen molar-refractivity contribution < 1.29 is 9.18 Å². The number of nitrogens with zero attached hydrogens (tertiary/aromatic N) is 2. The first-order valence-electron chi connectivity index (χ1n) is 8.75. The van der Waals surface area contributed by atoms with Gasteiger partial charge in [0, 0.05) is 44.0 Å². The molecule has 1 amide bonds. The number of aromatic nitrogens is 1. The molecule has 0 bridgehead atoms. The molecular formula is C20H24FN3O. The number of hydrogen-bond acceptors (Lipinski definition) is 3. The topological polar surface area (TPSA) is 45.2 Å². The predicted octanol–water partition coefficient (Wildman–Crippen LogP) is 3.55. The van der Waals surface area contributed by atoms with Crippen molar-refractivity contribution >= 4 is 11.6 Å². The number of carbonyl (C=O) groups excluding carboxylic acids is 1. The molecule has 1 fully saturated rings. The molecule has 0 aliphatic carbocycles. The Bertz CT molecular complexity index is 762. The van der Waals surface area contributed by atoms with Crippen molar-refractivity contribution in [1.82, 2.24) is 10.3 Å². The fourth-order valence-electron chi connectivity index (χ4n) is 3.28. The molecule has 3 rings (SSSR count). The first-order valence-corrected chi connectivity index (χ1v) is 8.75. The second-order valence-corrected chi connectivity index (χ2v) is 6.75. The molecule has 1 aliphatic heterocycles. The van der Waals surface area contributed by atoms with Gasteiger partial charge in [0.15, 0.2) is 0 Å². The van der Waals surface area contributed by atoms with E-state index >= 15 is 0 Å². The van der Waals surface area contributed by atoms with Gasteiger partial charge in [0.25, 0.3) is 0 Å². The lowest BCUT2D eigenvalue weighted by molar-refractivity contribution is -0.119. The van der Waals surface area contributed by atoms with E-state index in [0.717, 1.165) is 42.9 Å². The van der Waals surface area contributed by atoms with Gasteiger partial charge in [-0.25, -0.2) is 4.39 Å². The minimum Gasteiger partial charge on any atom is -0.371 e. The molecule has 4 nitrogen and oxygen atoms in total. The number of aryl methyl sites for hydroxylation is 1. The lowest BCUT2D eigenvalue weighted by atomic mass is 9.97. The standard InChI is InChI=1S/C20H24FN3O/c1-14-5-6-17(10-19(14)21)20-11-18(7-8-22-20)24-9-3-4-16(13-24)12-23-15(2)25/h5-8,10-11,16H,3-4,9,12-13H2,1-2H3,(H,23,25). The lowest BCUT2D eigenvalue weighted by Gasteiger charge is -2.34. The molecule has 0 radical (unpaired) electrons. The number of benzene rings is 1. The van der Waals surface area contributed by atoms with Gasteiger partial charge in [0.2, 0.25) is 5.91 Å². The Morgan fingerprint density at radius 3 is 2.96 bits per heavy atom. The van der Waals surface area contributed by atoms with Gasteiger partial charge in [-0.15, -0.1) is 0 Å². The van der Waals surface area contributed by atoms with Crippen LogP contribution in [0.15, 0.2) is 36.5 Å². The number of halogens is 1. The zero-order chi connectivity index (χ0) is 17.8. The summed E-state index contributed by atoms with van der Waals surface area (Å²) in [4.78, 5) is 17.9. The SMILES string of the molecule is CC(=O)NCC1CCCN(c2ccnc(-c3ccc(C)c(F)c3)c2)C1. The summed E-state index contributed by atoms with van der Waals surface area (Å²) >= 11 is 0. The molecule has 1 atom stereocenters. The maximum Gasteiger partial charge on any atom is 0.216 e. The van der Waals surface area contributed by atoms with E-state index in [0.29, 0.717) is 18.0 Å². The smallest absolute Gasteiger partial charge is 0.216 e. The fourth-order valence-corrected chi connectivity index (χ4v) is 3.28. The summed E-state index contributed by atoms with van der Waals surface area (Å²) < 4.78 is 13.8. The van der Waals surface area contributed by atoms with Crippen molar-refractivity contribution in [2.45, 2.75) is 26.7 Å². The van der Waals surface area contributed by atoms with Gasteiger partial charge >= 0.3 is 0 Å². The van der Waals surface area contributed by atoms with E-state index in [-0.39, 0.29) is 11.7 Å². The Hall–Kier alpha value is -2.43. The van der Waals surface area contributed by atoms with Gasteiger partial charge in [-0.1, -0.05) is 12.1 Å². The molecule has 0 saturated carbocycles. The summed E-state index contributed by atoms with van der Waals surface area (Å²) in [5.74, 6) is 0.258. The molecule has 25 heavy (non-hydrogen) atoms. The molecule has 1 aromatic heterocycles. The van der Waals surface area contributed by atoms with Gasteiger partial charge in [0.1, 0.15) is 5.82 Å². The summed E-state index contributed by atoms with van der Waals surface area (Å²) in [6.45, 7) is 5.92. The van der Waals surface area contributed by atoms with E-state index in [1.807, 2.05) is 18.2 Å². The molecular weight excluding hydrogens is 317 g/mol. The Morgan fingerprint density at radius 2 is 2.20 bits per heavy atom. The van der Waals surface area contributed by atoms with E-state index in [1.165, 1.54) is 6.07 Å². The van der Waals surface area contributed by atoms with Crippen LogP contribution >= 0.6 is 0 Å². The molecule has 1 aromatic carbocycles. The highest BCUT2D eigenvalue weighted by atomic mass is 19.1. The molecule has 1 N–H and O–H groups in total. The van der Waals surface area contributed by atoms with Crippen LogP contribution < -0.4 is 10.2 Å². The van der Waals surface area contributed by atoms with Crippen molar-refractivity contribution in [3.8, 4) is 11.3 Å². The van der Waals surface area contributed by atoms with Crippen molar-refractivity contribution in [2.75, 3.05) is 24.5 Å². The van der Waals surface area contributed by atoms with Crippen molar-refractivity contribution in [3.63, 3.8) is 0 Å². The highest BCUT2D eigenvalue weighted by molar-refractivity contribution is 5.72. The second kappa shape index (κ2) is 7.64. The Balaban J connectivity index is 1.76. The van der Waals surface area contributed by atoms with Crippen LogP contribution in [0.4, 0.5) is 10.1 Å². The Morgan fingerprint density at radius 1 is 1.36 bits per heavy atom. The first kappa shape index (κ1) is 17.4. The summed E-state index contributed by atoms with van der Waals surface area (Å²) in [5, 5.41) is 2.92. The normalized spacial score (nSPS) is 17.4. The second-order valence-electron chi connectivity index (χ2n) is 6.75. The quantitative estimate of drug-likeness (QED) is 0.925. The number of hydrogen-bond donors (Lipinski definition) is 1. The van der Waals surface area contributed by atoms with Gasteiger partial charge in [-0.05, 0) is 49.4 Å². The fraction of sp³-hybridized carbons (Fsp3) is 0.400. The van der Waals surface area contributed by atoms with Crippen molar-refractivity contribution in [2.24, 2.45) is 5.92 Å². The van der Waals surface area contributed by atoms with E-state index in [4.69, 9.17) is 0 Å². The molecule has 2 heterocycles. The largest absolute Gasteiger partial charge is 0.371 e. The van der Waals surface area contributed by atoms with Crippen molar-refractivity contribution in [1.29, 1.82) is 0 Å². The highest BCUT2D eigenvalue weighted by Crippen LogP contribution is 2.27. The number of pyridine rings is 1. The summed E-state index contributed by atoms with van der Waals surface area (Å²) in [6, 6.07) is 9.24. The lowest BCUT2D eigenvalue weighted by Crippen LogP contribution is -2.40. The molecule has 0 spiro atoms. The molecule has 1 aliphatic rings. The van der Waals surface area contributed by atoms with Crippen LogP contribution in [0.2, 0.25) is 0 Å². The van der Waals surface area contributed by atoms with Gasteiger partial charge in [-0.2, -0.15) is 0 Å². The van der Waals surface area contributed by atoms with Crippen LogP contribution in [0.25, 0.3) is 11.3 Å². The third kappa shape index (κ3) is 4.35. The number of rotatable bonds is 4.